The van der Waals surface area contributed by atoms with Gasteiger partial charge in [-0.25, -0.2) is 0 Å². The van der Waals surface area contributed by atoms with Crippen molar-refractivity contribution in [2.24, 2.45) is 24.6 Å². The molecule has 0 bridgehead atoms. The third-order valence-electron chi connectivity index (χ3n) is 3.12. The molecule has 1 rings (SSSR count). The number of halogens is 1. The van der Waals surface area contributed by atoms with Gasteiger partial charge in [0, 0.05) is 31.5 Å². The van der Waals surface area contributed by atoms with Crippen LogP contribution in [0.5, 0.6) is 0 Å². The molecule has 102 valence electrons. The van der Waals surface area contributed by atoms with Crippen molar-refractivity contribution in [1.82, 2.24) is 9.78 Å². The van der Waals surface area contributed by atoms with Gasteiger partial charge in [-0.1, -0.05) is 25.4 Å². The molecule has 1 unspecified atom stereocenters. The highest BCUT2D eigenvalue weighted by Crippen LogP contribution is 2.22. The minimum Gasteiger partial charge on any atom is -0.330 e. The predicted molar refractivity (Wildman–Crippen MR) is 73.7 cm³/mol. The number of carbonyl (C=O) groups is 1. The van der Waals surface area contributed by atoms with Gasteiger partial charge in [0.15, 0.2) is 0 Å². The fourth-order valence-corrected chi connectivity index (χ4v) is 2.36. The van der Waals surface area contributed by atoms with E-state index in [4.69, 9.17) is 17.3 Å². The number of ketones is 1. The second-order valence-electron chi connectivity index (χ2n) is 5.18. The monoisotopic (exact) mass is 271 g/mol. The van der Waals surface area contributed by atoms with E-state index in [2.05, 4.69) is 18.9 Å². The Morgan fingerprint density at radius 2 is 2.11 bits per heavy atom. The van der Waals surface area contributed by atoms with Gasteiger partial charge in [0.1, 0.15) is 10.9 Å². The SMILES string of the molecule is Cc1nn(C)c(Cl)c1CC(=O)C(CN)CC(C)C. The van der Waals surface area contributed by atoms with E-state index in [-0.39, 0.29) is 11.7 Å². The lowest BCUT2D eigenvalue weighted by molar-refractivity contribution is -0.122. The Kier molecular flexibility index (Phi) is 5.35. The van der Waals surface area contributed by atoms with Crippen LogP contribution in [0.1, 0.15) is 31.5 Å². The number of aryl methyl sites for hydroxylation is 2. The zero-order valence-corrected chi connectivity index (χ0v) is 12.3. The highest BCUT2D eigenvalue weighted by Gasteiger charge is 2.22. The smallest absolute Gasteiger partial charge is 0.141 e. The first-order chi connectivity index (χ1) is 8.36. The van der Waals surface area contributed by atoms with Crippen LogP contribution >= 0.6 is 11.6 Å². The maximum atomic E-state index is 12.2. The molecule has 0 saturated heterocycles. The van der Waals surface area contributed by atoms with E-state index in [0.29, 0.717) is 24.0 Å². The Morgan fingerprint density at radius 3 is 2.50 bits per heavy atom. The minimum absolute atomic E-state index is 0.0827. The van der Waals surface area contributed by atoms with Crippen LogP contribution in [0, 0.1) is 18.8 Å². The van der Waals surface area contributed by atoms with Crippen molar-refractivity contribution >= 4 is 17.4 Å². The number of hydrogen-bond acceptors (Lipinski definition) is 3. The molecule has 0 saturated carbocycles. The number of aromatic nitrogens is 2. The number of Topliss-reactive ketones (excluding diaryl/α,β-unsaturated/α-hetero) is 1. The van der Waals surface area contributed by atoms with Crippen molar-refractivity contribution in [1.29, 1.82) is 0 Å². The summed E-state index contributed by atoms with van der Waals surface area (Å²) >= 11 is 6.13. The van der Waals surface area contributed by atoms with Crippen molar-refractivity contribution < 1.29 is 4.79 Å². The maximum absolute atomic E-state index is 12.2. The van der Waals surface area contributed by atoms with E-state index < -0.39 is 0 Å². The Balaban J connectivity index is 2.80. The van der Waals surface area contributed by atoms with Gasteiger partial charge >= 0.3 is 0 Å². The molecule has 1 heterocycles. The average molecular weight is 272 g/mol. The molecule has 4 nitrogen and oxygen atoms in total. The van der Waals surface area contributed by atoms with Crippen molar-refractivity contribution in [3.63, 3.8) is 0 Å². The van der Waals surface area contributed by atoms with E-state index in [1.807, 2.05) is 6.92 Å². The molecule has 2 N–H and O–H groups in total. The summed E-state index contributed by atoms with van der Waals surface area (Å²) in [4.78, 5) is 12.2. The molecule has 0 radical (unpaired) electrons. The number of nitrogens with two attached hydrogens (primary N) is 1. The first kappa shape index (κ1) is 15.2. The lowest BCUT2D eigenvalue weighted by Gasteiger charge is -2.15. The molecule has 5 heteroatoms. The fourth-order valence-electron chi connectivity index (χ4n) is 2.12. The molecular formula is C13H22ClN3O. The highest BCUT2D eigenvalue weighted by molar-refractivity contribution is 6.30. The van der Waals surface area contributed by atoms with E-state index in [1.54, 1.807) is 11.7 Å². The summed E-state index contributed by atoms with van der Waals surface area (Å²) in [5.74, 6) is 0.540. The Hall–Kier alpha value is -0.870. The molecule has 1 atom stereocenters. The largest absolute Gasteiger partial charge is 0.330 e. The molecule has 0 aliphatic heterocycles. The molecule has 1 aromatic rings. The molecule has 0 fully saturated rings. The van der Waals surface area contributed by atoms with Crippen LogP contribution in [0.4, 0.5) is 0 Å². The summed E-state index contributed by atoms with van der Waals surface area (Å²) < 4.78 is 1.60. The Bertz CT molecular complexity index is 426. The van der Waals surface area contributed by atoms with Crippen molar-refractivity contribution in [2.45, 2.75) is 33.6 Å². The molecule has 0 aliphatic rings. The van der Waals surface area contributed by atoms with Crippen LogP contribution in [-0.4, -0.2) is 22.1 Å². The summed E-state index contributed by atoms with van der Waals surface area (Å²) in [6.07, 6.45) is 1.15. The second kappa shape index (κ2) is 6.34. The third kappa shape index (κ3) is 3.56. The first-order valence-electron chi connectivity index (χ1n) is 6.27. The molecule has 0 aromatic carbocycles. The van der Waals surface area contributed by atoms with E-state index >= 15 is 0 Å². The van der Waals surface area contributed by atoms with Crippen molar-refractivity contribution in [3.05, 3.63) is 16.4 Å². The summed E-state index contributed by atoms with van der Waals surface area (Å²) in [5.41, 5.74) is 7.32. The van der Waals surface area contributed by atoms with Gasteiger partial charge in [-0.2, -0.15) is 5.10 Å². The standard InChI is InChI=1S/C13H22ClN3O/c1-8(2)5-10(7-15)12(18)6-11-9(3)16-17(4)13(11)14/h8,10H,5-7,15H2,1-4H3. The normalized spacial score (nSPS) is 13.1. The molecule has 0 aliphatic carbocycles. The van der Waals surface area contributed by atoms with E-state index in [9.17, 15) is 4.79 Å². The summed E-state index contributed by atoms with van der Waals surface area (Å²) in [6.45, 7) is 6.46. The number of nitrogens with zero attached hydrogens (tertiary/aromatic N) is 2. The molecule has 18 heavy (non-hydrogen) atoms. The van der Waals surface area contributed by atoms with E-state index in [0.717, 1.165) is 17.7 Å². The molecule has 0 amide bonds. The van der Waals surface area contributed by atoms with Crippen LogP contribution in [0.3, 0.4) is 0 Å². The lowest BCUT2D eigenvalue weighted by atomic mass is 9.90. The zero-order valence-electron chi connectivity index (χ0n) is 11.5. The minimum atomic E-state index is -0.0827. The predicted octanol–water partition coefficient (Wildman–Crippen LogP) is 2.11. The highest BCUT2D eigenvalue weighted by atomic mass is 35.5. The van der Waals surface area contributed by atoms with Gasteiger partial charge < -0.3 is 5.73 Å². The van der Waals surface area contributed by atoms with Crippen LogP contribution in [0.25, 0.3) is 0 Å². The van der Waals surface area contributed by atoms with Crippen molar-refractivity contribution in [2.75, 3.05) is 6.54 Å². The topological polar surface area (TPSA) is 60.9 Å². The molecule has 1 aromatic heterocycles. The number of rotatable bonds is 6. The summed E-state index contributed by atoms with van der Waals surface area (Å²) in [7, 11) is 1.78. The maximum Gasteiger partial charge on any atom is 0.141 e. The van der Waals surface area contributed by atoms with Gasteiger partial charge in [0.05, 0.1) is 5.69 Å². The molecule has 0 spiro atoms. The number of hydrogen-bond donors (Lipinski definition) is 1. The Morgan fingerprint density at radius 1 is 1.50 bits per heavy atom. The van der Waals surface area contributed by atoms with Gasteiger partial charge in [-0.05, 0) is 19.3 Å². The Labute approximate surface area is 113 Å². The average Bonchev–Trinajstić information content (AvgIpc) is 2.52. The van der Waals surface area contributed by atoms with Gasteiger partial charge in [-0.3, -0.25) is 9.48 Å². The summed E-state index contributed by atoms with van der Waals surface area (Å²) in [6, 6.07) is 0. The van der Waals surface area contributed by atoms with E-state index in [1.165, 1.54) is 0 Å². The van der Waals surface area contributed by atoms with Crippen molar-refractivity contribution in [3.8, 4) is 0 Å². The second-order valence-corrected chi connectivity index (χ2v) is 5.54. The van der Waals surface area contributed by atoms with Gasteiger partial charge in [-0.15, -0.1) is 0 Å². The van der Waals surface area contributed by atoms with Gasteiger partial charge in [0.2, 0.25) is 0 Å². The lowest BCUT2D eigenvalue weighted by Crippen LogP contribution is -2.26. The quantitative estimate of drug-likeness (QED) is 0.862. The van der Waals surface area contributed by atoms with Crippen LogP contribution in [0.15, 0.2) is 0 Å². The van der Waals surface area contributed by atoms with Crippen LogP contribution in [-0.2, 0) is 18.3 Å². The van der Waals surface area contributed by atoms with Gasteiger partial charge in [0.25, 0.3) is 0 Å². The summed E-state index contributed by atoms with van der Waals surface area (Å²) in [5, 5.41) is 4.75. The number of carbonyl (C=O) groups excluding carboxylic acids is 1. The third-order valence-corrected chi connectivity index (χ3v) is 3.59. The van der Waals surface area contributed by atoms with Crippen LogP contribution in [0.2, 0.25) is 5.15 Å². The molecular weight excluding hydrogens is 250 g/mol. The zero-order chi connectivity index (χ0) is 13.9. The van der Waals surface area contributed by atoms with Crippen LogP contribution < -0.4 is 5.73 Å². The first-order valence-corrected chi connectivity index (χ1v) is 6.65. The fraction of sp³-hybridized carbons (Fsp3) is 0.692.